The maximum absolute atomic E-state index is 14.2. The lowest BCUT2D eigenvalue weighted by molar-refractivity contribution is -0.276. The Balaban J connectivity index is 1.34. The van der Waals surface area contributed by atoms with Gasteiger partial charge < -0.3 is 14.2 Å². The van der Waals surface area contributed by atoms with Crippen LogP contribution in [0.5, 0.6) is 0 Å². The molecule has 41 heavy (non-hydrogen) atoms. The van der Waals surface area contributed by atoms with E-state index in [1.165, 1.54) is 24.3 Å². The first kappa shape index (κ1) is 28.6. The molecule has 3 atom stereocenters. The van der Waals surface area contributed by atoms with Crippen molar-refractivity contribution >= 4 is 5.97 Å². The molecule has 0 N–H and O–H groups in total. The van der Waals surface area contributed by atoms with Gasteiger partial charge in [0, 0.05) is 12.7 Å². The summed E-state index contributed by atoms with van der Waals surface area (Å²) < 4.78 is 59.6. The van der Waals surface area contributed by atoms with E-state index in [1.54, 1.807) is 6.07 Å². The SMILES string of the molecule is COC(C(=O)OC[C@H]1C[C@@H]1COC(c1ccccc1)(c1ccccc1)c1ccccc1)(c1ccccc1)C(F)(F)F. The number of carbonyl (C=O) groups is 1. The predicted octanol–water partition coefficient (Wildman–Crippen LogP) is 7.28. The fourth-order valence-corrected chi connectivity index (χ4v) is 5.39. The van der Waals surface area contributed by atoms with Gasteiger partial charge in [-0.15, -0.1) is 0 Å². The van der Waals surface area contributed by atoms with Crippen molar-refractivity contribution in [2.45, 2.75) is 23.8 Å². The highest BCUT2D eigenvalue weighted by Crippen LogP contribution is 2.47. The lowest BCUT2D eigenvalue weighted by Gasteiger charge is -2.36. The minimum absolute atomic E-state index is 0.0119. The van der Waals surface area contributed by atoms with E-state index in [-0.39, 0.29) is 24.0 Å². The van der Waals surface area contributed by atoms with Crippen molar-refractivity contribution in [3.05, 3.63) is 144 Å². The zero-order chi connectivity index (χ0) is 28.9. The highest BCUT2D eigenvalue weighted by molar-refractivity contribution is 5.82. The minimum atomic E-state index is -5.01. The Morgan fingerprint density at radius 3 is 1.44 bits per heavy atom. The maximum atomic E-state index is 14.2. The summed E-state index contributed by atoms with van der Waals surface area (Å²) in [4.78, 5) is 13.0. The molecule has 0 aliphatic heterocycles. The molecule has 7 heteroatoms. The Hall–Kier alpha value is -3.94. The summed E-state index contributed by atoms with van der Waals surface area (Å²) >= 11 is 0. The van der Waals surface area contributed by atoms with Gasteiger partial charge in [0.1, 0.15) is 5.60 Å². The number of alkyl halides is 3. The first-order valence-corrected chi connectivity index (χ1v) is 13.5. The first-order chi connectivity index (χ1) is 19.8. The van der Waals surface area contributed by atoms with Gasteiger partial charge in [0.15, 0.2) is 0 Å². The van der Waals surface area contributed by atoms with E-state index in [0.29, 0.717) is 13.0 Å². The van der Waals surface area contributed by atoms with E-state index in [4.69, 9.17) is 14.2 Å². The fraction of sp³-hybridized carbons (Fsp3) is 0.265. The summed E-state index contributed by atoms with van der Waals surface area (Å²) in [5.74, 6) is -1.59. The smallest absolute Gasteiger partial charge is 0.432 e. The molecular formula is C34H31F3O4. The van der Waals surface area contributed by atoms with Gasteiger partial charge in [0.25, 0.3) is 5.60 Å². The summed E-state index contributed by atoms with van der Waals surface area (Å²) in [6, 6.07) is 36.6. The van der Waals surface area contributed by atoms with Crippen LogP contribution in [0.2, 0.25) is 0 Å². The van der Waals surface area contributed by atoms with E-state index < -0.39 is 23.3 Å². The van der Waals surface area contributed by atoms with Gasteiger partial charge in [-0.1, -0.05) is 121 Å². The Kier molecular flexibility index (Phi) is 8.29. The molecule has 1 saturated carbocycles. The van der Waals surface area contributed by atoms with E-state index in [2.05, 4.69) is 0 Å². The largest absolute Gasteiger partial charge is 0.463 e. The third kappa shape index (κ3) is 5.52. The quantitative estimate of drug-likeness (QED) is 0.143. The molecule has 4 aromatic carbocycles. The number of methoxy groups -OCH3 is 1. The van der Waals surface area contributed by atoms with Crippen LogP contribution in [0.25, 0.3) is 0 Å². The molecular weight excluding hydrogens is 529 g/mol. The summed E-state index contributed by atoms with van der Waals surface area (Å²) in [7, 11) is 0.867. The molecule has 0 heterocycles. The Bertz CT molecular complexity index is 1320. The molecule has 1 unspecified atom stereocenters. The second-order valence-corrected chi connectivity index (χ2v) is 10.2. The molecule has 1 fully saturated rings. The van der Waals surface area contributed by atoms with E-state index in [1.807, 2.05) is 91.0 Å². The number of rotatable bonds is 11. The average Bonchev–Trinajstić information content (AvgIpc) is 3.77. The summed E-state index contributed by atoms with van der Waals surface area (Å²) in [6.07, 6.45) is -4.34. The molecule has 4 aromatic rings. The summed E-state index contributed by atoms with van der Waals surface area (Å²) in [5.41, 5.74) is -1.55. The van der Waals surface area contributed by atoms with Crippen LogP contribution in [-0.2, 0) is 30.2 Å². The van der Waals surface area contributed by atoms with E-state index >= 15 is 0 Å². The number of ether oxygens (including phenoxy) is 3. The molecule has 0 aromatic heterocycles. The molecule has 0 amide bonds. The predicted molar refractivity (Wildman–Crippen MR) is 149 cm³/mol. The number of esters is 1. The second-order valence-electron chi connectivity index (χ2n) is 10.2. The second kappa shape index (κ2) is 11.9. The van der Waals surface area contributed by atoms with Crippen LogP contribution in [0, 0.1) is 11.8 Å². The van der Waals surface area contributed by atoms with Crippen molar-refractivity contribution < 1.29 is 32.2 Å². The summed E-state index contributed by atoms with van der Waals surface area (Å²) in [6.45, 7) is 0.171. The van der Waals surface area contributed by atoms with Crippen molar-refractivity contribution in [3.8, 4) is 0 Å². The van der Waals surface area contributed by atoms with Gasteiger partial charge in [0.05, 0.1) is 13.2 Å². The van der Waals surface area contributed by atoms with Crippen LogP contribution in [0.1, 0.15) is 28.7 Å². The van der Waals surface area contributed by atoms with Crippen LogP contribution < -0.4 is 0 Å². The van der Waals surface area contributed by atoms with Crippen LogP contribution in [0.3, 0.4) is 0 Å². The van der Waals surface area contributed by atoms with Gasteiger partial charge in [0.2, 0.25) is 0 Å². The van der Waals surface area contributed by atoms with Crippen molar-refractivity contribution in [3.63, 3.8) is 0 Å². The lowest BCUT2D eigenvalue weighted by Crippen LogP contribution is -2.51. The number of carbonyl (C=O) groups excluding carboxylic acids is 1. The molecule has 0 radical (unpaired) electrons. The molecule has 212 valence electrons. The van der Waals surface area contributed by atoms with Crippen LogP contribution >= 0.6 is 0 Å². The molecule has 1 aliphatic carbocycles. The van der Waals surface area contributed by atoms with Crippen molar-refractivity contribution in [2.24, 2.45) is 11.8 Å². The number of benzene rings is 4. The number of halogens is 3. The summed E-state index contributed by atoms with van der Waals surface area (Å²) in [5, 5.41) is 0. The van der Waals surface area contributed by atoms with Gasteiger partial charge in [-0.3, -0.25) is 0 Å². The van der Waals surface area contributed by atoms with Gasteiger partial charge >= 0.3 is 12.1 Å². The minimum Gasteiger partial charge on any atom is -0.463 e. The van der Waals surface area contributed by atoms with Gasteiger partial charge in [-0.05, 0) is 34.9 Å². The fourth-order valence-electron chi connectivity index (χ4n) is 5.39. The highest BCUT2D eigenvalue weighted by Gasteiger charge is 2.64. The van der Waals surface area contributed by atoms with E-state index in [9.17, 15) is 18.0 Å². The van der Waals surface area contributed by atoms with E-state index in [0.717, 1.165) is 23.8 Å². The monoisotopic (exact) mass is 560 g/mol. The standard InChI is InChI=1S/C34H31F3O4/c1-39-33(34(35,36)37,30-20-12-5-13-21-30)31(38)40-23-25-22-26(25)24-41-32(27-14-6-2-7-15-27,28-16-8-3-9-17-28)29-18-10-4-11-19-29/h2-21,25-26H,22-24H2,1H3/t25-,26-,33?/m1/s1. The maximum Gasteiger partial charge on any atom is 0.432 e. The average molecular weight is 561 g/mol. The van der Waals surface area contributed by atoms with Crippen LogP contribution in [-0.4, -0.2) is 32.5 Å². The van der Waals surface area contributed by atoms with Crippen LogP contribution in [0.4, 0.5) is 13.2 Å². The Labute approximate surface area is 237 Å². The Morgan fingerprint density at radius 1 is 0.659 bits per heavy atom. The third-order valence-corrected chi connectivity index (χ3v) is 7.73. The molecule has 0 saturated heterocycles. The van der Waals surface area contributed by atoms with Gasteiger partial charge in [-0.2, -0.15) is 13.2 Å². The van der Waals surface area contributed by atoms with Crippen molar-refractivity contribution in [2.75, 3.05) is 20.3 Å². The molecule has 5 rings (SSSR count). The van der Waals surface area contributed by atoms with Crippen molar-refractivity contribution in [1.82, 2.24) is 0 Å². The van der Waals surface area contributed by atoms with Crippen molar-refractivity contribution in [1.29, 1.82) is 0 Å². The molecule has 1 aliphatic rings. The molecule has 4 nitrogen and oxygen atoms in total. The Morgan fingerprint density at radius 2 is 1.05 bits per heavy atom. The molecule has 0 spiro atoms. The van der Waals surface area contributed by atoms with Gasteiger partial charge in [-0.25, -0.2) is 4.79 Å². The highest BCUT2D eigenvalue weighted by atomic mass is 19.4. The van der Waals surface area contributed by atoms with Crippen LogP contribution in [0.15, 0.2) is 121 Å². The lowest BCUT2D eigenvalue weighted by atomic mass is 9.80. The number of hydrogen-bond donors (Lipinski definition) is 0. The zero-order valence-corrected chi connectivity index (χ0v) is 22.6. The third-order valence-electron chi connectivity index (χ3n) is 7.73. The first-order valence-electron chi connectivity index (χ1n) is 13.5. The number of hydrogen-bond acceptors (Lipinski definition) is 4. The zero-order valence-electron chi connectivity index (χ0n) is 22.6. The normalized spacial score (nSPS) is 18.3. The molecule has 0 bridgehead atoms. The topological polar surface area (TPSA) is 44.8 Å².